The summed E-state index contributed by atoms with van der Waals surface area (Å²) in [7, 11) is 0. The summed E-state index contributed by atoms with van der Waals surface area (Å²) in [5, 5.41) is 16.3. The summed E-state index contributed by atoms with van der Waals surface area (Å²) in [5.74, 6) is -0.194. The van der Waals surface area contributed by atoms with E-state index in [0.29, 0.717) is 12.2 Å². The van der Waals surface area contributed by atoms with Crippen molar-refractivity contribution in [1.82, 2.24) is 10.5 Å². The Balaban J connectivity index is 1.78. The van der Waals surface area contributed by atoms with Gasteiger partial charge in [-0.05, 0) is 18.8 Å². The van der Waals surface area contributed by atoms with E-state index in [1.54, 1.807) is 6.07 Å². The third-order valence-corrected chi connectivity index (χ3v) is 3.30. The Labute approximate surface area is 100 Å². The standard InChI is InChI=1S/C12H18N2O3/c15-11(9-4-2-1-3-5-9)12(16)13-8-10-6-7-17-14-10/h6-7,9,11,15H,1-5,8H2,(H,13,16)/t11-/m1/s1. The molecule has 0 aliphatic heterocycles. The molecule has 1 amide bonds. The molecule has 1 saturated carbocycles. The topological polar surface area (TPSA) is 75.4 Å². The lowest BCUT2D eigenvalue weighted by Gasteiger charge is -2.25. The van der Waals surface area contributed by atoms with Gasteiger partial charge < -0.3 is 14.9 Å². The lowest BCUT2D eigenvalue weighted by molar-refractivity contribution is -0.132. The van der Waals surface area contributed by atoms with Gasteiger partial charge in [-0.3, -0.25) is 4.79 Å². The molecule has 2 rings (SSSR count). The highest BCUT2D eigenvalue weighted by Gasteiger charge is 2.27. The first-order valence-corrected chi connectivity index (χ1v) is 6.12. The average molecular weight is 238 g/mol. The van der Waals surface area contributed by atoms with E-state index in [1.807, 2.05) is 0 Å². The first kappa shape index (κ1) is 12.1. The van der Waals surface area contributed by atoms with Crippen molar-refractivity contribution in [3.63, 3.8) is 0 Å². The van der Waals surface area contributed by atoms with Crippen LogP contribution in [0, 0.1) is 5.92 Å². The maximum absolute atomic E-state index is 11.7. The summed E-state index contributed by atoms with van der Waals surface area (Å²) in [4.78, 5) is 11.7. The number of rotatable bonds is 4. The van der Waals surface area contributed by atoms with Crippen LogP contribution < -0.4 is 5.32 Å². The number of aromatic nitrogens is 1. The average Bonchev–Trinajstić information content (AvgIpc) is 2.89. The number of carbonyl (C=O) groups is 1. The normalized spacial score (nSPS) is 18.9. The SMILES string of the molecule is O=C(NCc1ccon1)[C@H](O)C1CCCCC1. The van der Waals surface area contributed by atoms with Crippen LogP contribution in [0.2, 0.25) is 0 Å². The highest BCUT2D eigenvalue weighted by atomic mass is 16.5. The van der Waals surface area contributed by atoms with Gasteiger partial charge in [0.15, 0.2) is 0 Å². The monoisotopic (exact) mass is 238 g/mol. The van der Waals surface area contributed by atoms with Crippen LogP contribution in [0.1, 0.15) is 37.8 Å². The molecule has 0 radical (unpaired) electrons. The highest BCUT2D eigenvalue weighted by Crippen LogP contribution is 2.26. The van der Waals surface area contributed by atoms with Gasteiger partial charge in [0.05, 0.1) is 6.54 Å². The molecule has 1 aromatic heterocycles. The summed E-state index contributed by atoms with van der Waals surface area (Å²) in [5.41, 5.74) is 0.661. The summed E-state index contributed by atoms with van der Waals surface area (Å²) >= 11 is 0. The van der Waals surface area contributed by atoms with E-state index in [9.17, 15) is 9.90 Å². The Kier molecular flexibility index (Phi) is 4.14. The maximum atomic E-state index is 11.7. The molecule has 94 valence electrons. The van der Waals surface area contributed by atoms with Crippen molar-refractivity contribution in [3.05, 3.63) is 18.0 Å². The molecule has 0 bridgehead atoms. The summed E-state index contributed by atoms with van der Waals surface area (Å²) < 4.78 is 4.66. The maximum Gasteiger partial charge on any atom is 0.249 e. The minimum Gasteiger partial charge on any atom is -0.383 e. The van der Waals surface area contributed by atoms with Crippen LogP contribution in [0.15, 0.2) is 16.9 Å². The smallest absolute Gasteiger partial charge is 0.249 e. The molecule has 0 spiro atoms. The molecule has 2 N–H and O–H groups in total. The second-order valence-corrected chi connectivity index (χ2v) is 4.55. The molecule has 1 aliphatic carbocycles. The molecule has 1 aliphatic rings. The molecule has 1 heterocycles. The summed E-state index contributed by atoms with van der Waals surface area (Å²) in [6, 6.07) is 1.69. The third-order valence-electron chi connectivity index (χ3n) is 3.30. The summed E-state index contributed by atoms with van der Waals surface area (Å²) in [6.45, 7) is 0.305. The van der Waals surface area contributed by atoms with E-state index in [-0.39, 0.29) is 11.8 Å². The molecule has 5 nitrogen and oxygen atoms in total. The zero-order chi connectivity index (χ0) is 12.1. The van der Waals surface area contributed by atoms with E-state index in [2.05, 4.69) is 15.0 Å². The zero-order valence-electron chi connectivity index (χ0n) is 9.76. The van der Waals surface area contributed by atoms with E-state index in [0.717, 1.165) is 25.7 Å². The third kappa shape index (κ3) is 3.30. The van der Waals surface area contributed by atoms with Gasteiger partial charge in [0.1, 0.15) is 18.1 Å². The highest BCUT2D eigenvalue weighted by molar-refractivity contribution is 5.80. The predicted octanol–water partition coefficient (Wildman–Crippen LogP) is 1.23. The van der Waals surface area contributed by atoms with Gasteiger partial charge in [-0.1, -0.05) is 24.4 Å². The molecule has 1 fully saturated rings. The molecule has 0 aromatic carbocycles. The van der Waals surface area contributed by atoms with Crippen LogP contribution in [0.3, 0.4) is 0 Å². The fourth-order valence-electron chi connectivity index (χ4n) is 2.27. The number of carbonyl (C=O) groups excluding carboxylic acids is 1. The van der Waals surface area contributed by atoms with Crippen molar-refractivity contribution in [2.24, 2.45) is 5.92 Å². The molecule has 1 atom stereocenters. The Morgan fingerprint density at radius 3 is 2.94 bits per heavy atom. The molecular formula is C12H18N2O3. The van der Waals surface area contributed by atoms with Crippen LogP contribution >= 0.6 is 0 Å². The van der Waals surface area contributed by atoms with Gasteiger partial charge in [0.2, 0.25) is 5.91 Å². The number of aliphatic hydroxyl groups is 1. The van der Waals surface area contributed by atoms with Gasteiger partial charge >= 0.3 is 0 Å². The lowest BCUT2D eigenvalue weighted by atomic mass is 9.85. The van der Waals surface area contributed by atoms with Crippen LogP contribution in [0.25, 0.3) is 0 Å². The van der Waals surface area contributed by atoms with Crippen molar-refractivity contribution in [3.8, 4) is 0 Å². The number of hydrogen-bond donors (Lipinski definition) is 2. The van der Waals surface area contributed by atoms with Gasteiger partial charge in [-0.2, -0.15) is 0 Å². The van der Waals surface area contributed by atoms with Crippen LogP contribution in [-0.2, 0) is 11.3 Å². The first-order chi connectivity index (χ1) is 8.27. The Morgan fingerprint density at radius 2 is 2.29 bits per heavy atom. The van der Waals surface area contributed by atoms with Crippen LogP contribution in [-0.4, -0.2) is 22.3 Å². The molecule has 1 aromatic rings. The van der Waals surface area contributed by atoms with Gasteiger partial charge in [-0.25, -0.2) is 0 Å². The van der Waals surface area contributed by atoms with Crippen molar-refractivity contribution >= 4 is 5.91 Å². The number of aliphatic hydroxyl groups excluding tert-OH is 1. The molecule has 5 heteroatoms. The largest absolute Gasteiger partial charge is 0.383 e. The molecule has 0 saturated heterocycles. The van der Waals surface area contributed by atoms with Crippen molar-refractivity contribution in [2.45, 2.75) is 44.8 Å². The van der Waals surface area contributed by atoms with Crippen molar-refractivity contribution in [2.75, 3.05) is 0 Å². The van der Waals surface area contributed by atoms with Gasteiger partial charge in [0.25, 0.3) is 0 Å². The minimum atomic E-state index is -0.887. The summed E-state index contributed by atoms with van der Waals surface area (Å²) in [6.07, 6.45) is 5.89. The first-order valence-electron chi connectivity index (χ1n) is 6.12. The predicted molar refractivity (Wildman–Crippen MR) is 60.9 cm³/mol. The molecule has 0 unspecified atom stereocenters. The Bertz CT molecular complexity index is 345. The van der Waals surface area contributed by atoms with E-state index < -0.39 is 6.10 Å². The second kappa shape index (κ2) is 5.82. The Morgan fingerprint density at radius 1 is 1.53 bits per heavy atom. The fraction of sp³-hybridized carbons (Fsp3) is 0.667. The zero-order valence-corrected chi connectivity index (χ0v) is 9.76. The second-order valence-electron chi connectivity index (χ2n) is 4.55. The number of nitrogens with zero attached hydrogens (tertiary/aromatic N) is 1. The minimum absolute atomic E-state index is 0.112. The van der Waals surface area contributed by atoms with Gasteiger partial charge in [0, 0.05) is 6.07 Å². The molecular weight excluding hydrogens is 220 g/mol. The van der Waals surface area contributed by atoms with Crippen molar-refractivity contribution in [1.29, 1.82) is 0 Å². The molecule has 17 heavy (non-hydrogen) atoms. The fourth-order valence-corrected chi connectivity index (χ4v) is 2.27. The van der Waals surface area contributed by atoms with Crippen molar-refractivity contribution < 1.29 is 14.4 Å². The van der Waals surface area contributed by atoms with E-state index >= 15 is 0 Å². The lowest BCUT2D eigenvalue weighted by Crippen LogP contribution is -2.39. The number of amides is 1. The van der Waals surface area contributed by atoms with Crippen LogP contribution in [0.4, 0.5) is 0 Å². The quantitative estimate of drug-likeness (QED) is 0.827. The van der Waals surface area contributed by atoms with E-state index in [1.165, 1.54) is 12.7 Å². The number of nitrogens with one attached hydrogen (secondary N) is 1. The van der Waals surface area contributed by atoms with Gasteiger partial charge in [-0.15, -0.1) is 0 Å². The van der Waals surface area contributed by atoms with Crippen LogP contribution in [0.5, 0.6) is 0 Å². The van der Waals surface area contributed by atoms with E-state index in [4.69, 9.17) is 0 Å². The Hall–Kier alpha value is -1.36. The number of hydrogen-bond acceptors (Lipinski definition) is 4.